The zero-order valence-electron chi connectivity index (χ0n) is 17.5. The van der Waals surface area contributed by atoms with Crippen molar-refractivity contribution < 1.29 is 19.1 Å². The molecular weight excluding hydrogens is 382 g/mol. The number of rotatable bonds is 4. The lowest BCUT2D eigenvalue weighted by molar-refractivity contribution is -0.132. The average Bonchev–Trinajstić information content (AvgIpc) is 2.78. The van der Waals surface area contributed by atoms with Crippen LogP contribution in [0, 0.1) is 0 Å². The maximum Gasteiger partial charge on any atom is 0.331 e. The fourth-order valence-electron chi connectivity index (χ4n) is 4.67. The second-order valence-electron chi connectivity index (χ2n) is 8.26. The van der Waals surface area contributed by atoms with Gasteiger partial charge in [0.25, 0.3) is 11.8 Å². The molecule has 1 aliphatic carbocycles. The predicted octanol–water partition coefficient (Wildman–Crippen LogP) is 3.48. The SMILES string of the molecule is COc1cc(N2CCCCC2)ccc1C=C1C(=O)NC(=O)N(C2CCCCC2)C1=O. The maximum absolute atomic E-state index is 13.1. The number of urea groups is 1. The van der Waals surface area contributed by atoms with Crippen LogP contribution in [0.25, 0.3) is 6.08 Å². The number of hydrogen-bond donors (Lipinski definition) is 1. The van der Waals surface area contributed by atoms with Crippen LogP contribution in [0.4, 0.5) is 10.5 Å². The molecule has 7 nitrogen and oxygen atoms in total. The highest BCUT2D eigenvalue weighted by Gasteiger charge is 2.40. The average molecular weight is 412 g/mol. The summed E-state index contributed by atoms with van der Waals surface area (Å²) in [5.41, 5.74) is 1.70. The minimum absolute atomic E-state index is 0.0239. The van der Waals surface area contributed by atoms with E-state index in [1.165, 1.54) is 24.2 Å². The van der Waals surface area contributed by atoms with Gasteiger partial charge < -0.3 is 9.64 Å². The van der Waals surface area contributed by atoms with E-state index in [-0.39, 0.29) is 11.6 Å². The van der Waals surface area contributed by atoms with Gasteiger partial charge in [-0.3, -0.25) is 19.8 Å². The van der Waals surface area contributed by atoms with Gasteiger partial charge in [-0.25, -0.2) is 4.79 Å². The molecule has 0 atom stereocenters. The molecule has 0 bridgehead atoms. The summed E-state index contributed by atoms with van der Waals surface area (Å²) in [5, 5.41) is 2.34. The van der Waals surface area contributed by atoms with E-state index in [1.54, 1.807) is 13.2 Å². The zero-order valence-corrected chi connectivity index (χ0v) is 17.5. The van der Waals surface area contributed by atoms with E-state index in [2.05, 4.69) is 10.2 Å². The lowest BCUT2D eigenvalue weighted by Gasteiger charge is -2.35. The summed E-state index contributed by atoms with van der Waals surface area (Å²) in [6.07, 6.45) is 9.80. The smallest absolute Gasteiger partial charge is 0.331 e. The Morgan fingerprint density at radius 2 is 1.70 bits per heavy atom. The van der Waals surface area contributed by atoms with Gasteiger partial charge in [-0.2, -0.15) is 0 Å². The highest BCUT2D eigenvalue weighted by Crippen LogP contribution is 2.31. The molecule has 0 spiro atoms. The quantitative estimate of drug-likeness (QED) is 0.606. The summed E-state index contributed by atoms with van der Waals surface area (Å²) in [7, 11) is 1.58. The van der Waals surface area contributed by atoms with E-state index in [0.717, 1.165) is 50.9 Å². The molecule has 3 fully saturated rings. The molecule has 2 aliphatic heterocycles. The molecule has 1 saturated carbocycles. The van der Waals surface area contributed by atoms with E-state index in [4.69, 9.17) is 4.74 Å². The minimum Gasteiger partial charge on any atom is -0.496 e. The molecule has 0 aromatic heterocycles. The molecule has 160 valence electrons. The lowest BCUT2D eigenvalue weighted by Crippen LogP contribution is -2.58. The van der Waals surface area contributed by atoms with Crippen molar-refractivity contribution in [3.8, 4) is 5.75 Å². The number of imide groups is 2. The number of carbonyl (C=O) groups excluding carboxylic acids is 3. The van der Waals surface area contributed by atoms with E-state index >= 15 is 0 Å². The summed E-state index contributed by atoms with van der Waals surface area (Å²) in [6, 6.07) is 5.06. The van der Waals surface area contributed by atoms with Gasteiger partial charge >= 0.3 is 6.03 Å². The van der Waals surface area contributed by atoms with Crippen molar-refractivity contribution in [3.63, 3.8) is 0 Å². The van der Waals surface area contributed by atoms with Crippen molar-refractivity contribution >= 4 is 29.6 Å². The van der Waals surface area contributed by atoms with E-state index in [9.17, 15) is 14.4 Å². The molecule has 0 unspecified atom stereocenters. The monoisotopic (exact) mass is 411 g/mol. The van der Waals surface area contributed by atoms with Crippen molar-refractivity contribution in [2.45, 2.75) is 57.4 Å². The number of methoxy groups -OCH3 is 1. The number of anilines is 1. The Labute approximate surface area is 177 Å². The molecule has 0 radical (unpaired) electrons. The van der Waals surface area contributed by atoms with E-state index in [1.807, 2.05) is 18.2 Å². The number of benzene rings is 1. The van der Waals surface area contributed by atoms with Crippen LogP contribution >= 0.6 is 0 Å². The molecule has 2 heterocycles. The van der Waals surface area contributed by atoms with Crippen LogP contribution in [0.2, 0.25) is 0 Å². The predicted molar refractivity (Wildman–Crippen MR) is 114 cm³/mol. The zero-order chi connectivity index (χ0) is 21.1. The number of piperidine rings is 1. The van der Waals surface area contributed by atoms with Crippen LogP contribution in [-0.2, 0) is 9.59 Å². The first-order valence-corrected chi connectivity index (χ1v) is 10.9. The number of hydrogen-bond acceptors (Lipinski definition) is 5. The second kappa shape index (κ2) is 8.90. The Morgan fingerprint density at radius 1 is 1.00 bits per heavy atom. The van der Waals surface area contributed by atoms with Crippen LogP contribution in [-0.4, -0.2) is 49.0 Å². The van der Waals surface area contributed by atoms with Crippen molar-refractivity contribution in [1.82, 2.24) is 10.2 Å². The van der Waals surface area contributed by atoms with E-state index in [0.29, 0.717) is 11.3 Å². The van der Waals surface area contributed by atoms with Gasteiger partial charge in [0, 0.05) is 36.4 Å². The standard InChI is InChI=1S/C23H29N3O4/c1-30-20-15-18(25-12-6-3-7-13-25)11-10-16(20)14-19-21(27)24-23(29)26(22(19)28)17-8-4-2-5-9-17/h10-11,14-15,17H,2-9,12-13H2,1H3,(H,24,27,29). The molecule has 1 aromatic carbocycles. The van der Waals surface area contributed by atoms with Gasteiger partial charge in [0.05, 0.1) is 7.11 Å². The fourth-order valence-corrected chi connectivity index (χ4v) is 4.67. The van der Waals surface area contributed by atoms with Crippen LogP contribution < -0.4 is 15.0 Å². The molecule has 3 aliphatic rings. The highest BCUT2D eigenvalue weighted by atomic mass is 16.5. The van der Waals surface area contributed by atoms with Crippen LogP contribution in [0.1, 0.15) is 56.9 Å². The summed E-state index contributed by atoms with van der Waals surface area (Å²) < 4.78 is 5.56. The van der Waals surface area contributed by atoms with Crippen molar-refractivity contribution in [3.05, 3.63) is 29.3 Å². The van der Waals surface area contributed by atoms with Crippen LogP contribution in [0.3, 0.4) is 0 Å². The number of amides is 4. The third-order valence-corrected chi connectivity index (χ3v) is 6.31. The number of barbiturate groups is 1. The lowest BCUT2D eigenvalue weighted by atomic mass is 9.93. The highest BCUT2D eigenvalue weighted by molar-refractivity contribution is 6.31. The molecule has 7 heteroatoms. The second-order valence-corrected chi connectivity index (χ2v) is 8.26. The Hall–Kier alpha value is -2.83. The third kappa shape index (κ3) is 4.06. The van der Waals surface area contributed by atoms with Gasteiger partial charge in [0.15, 0.2) is 0 Å². The van der Waals surface area contributed by atoms with Crippen molar-refractivity contribution in [1.29, 1.82) is 0 Å². The Morgan fingerprint density at radius 3 is 2.40 bits per heavy atom. The molecular formula is C23H29N3O4. The van der Waals surface area contributed by atoms with Gasteiger partial charge in [-0.15, -0.1) is 0 Å². The largest absolute Gasteiger partial charge is 0.496 e. The Balaban J connectivity index is 1.62. The summed E-state index contributed by atoms with van der Waals surface area (Å²) >= 11 is 0. The van der Waals surface area contributed by atoms with Gasteiger partial charge in [0.1, 0.15) is 11.3 Å². The van der Waals surface area contributed by atoms with Crippen LogP contribution in [0.15, 0.2) is 23.8 Å². The Kier molecular flexibility index (Phi) is 6.06. The van der Waals surface area contributed by atoms with Gasteiger partial charge in [-0.1, -0.05) is 19.3 Å². The number of nitrogens with one attached hydrogen (secondary N) is 1. The van der Waals surface area contributed by atoms with Gasteiger partial charge in [0.2, 0.25) is 0 Å². The number of ether oxygens (including phenoxy) is 1. The topological polar surface area (TPSA) is 79.0 Å². The van der Waals surface area contributed by atoms with Crippen molar-refractivity contribution in [2.75, 3.05) is 25.1 Å². The molecule has 4 rings (SSSR count). The molecule has 2 saturated heterocycles. The summed E-state index contributed by atoms with van der Waals surface area (Å²) in [6.45, 7) is 2.03. The first-order chi connectivity index (χ1) is 14.6. The molecule has 1 aromatic rings. The molecule has 4 amide bonds. The Bertz CT molecular complexity index is 867. The summed E-state index contributed by atoms with van der Waals surface area (Å²) in [5.74, 6) is -0.565. The minimum atomic E-state index is -0.654. The van der Waals surface area contributed by atoms with Gasteiger partial charge in [-0.05, 0) is 50.3 Å². The first kappa shape index (κ1) is 20.4. The summed E-state index contributed by atoms with van der Waals surface area (Å²) in [4.78, 5) is 41.5. The molecule has 1 N–H and O–H groups in total. The van der Waals surface area contributed by atoms with E-state index < -0.39 is 17.8 Å². The van der Waals surface area contributed by atoms with Crippen molar-refractivity contribution in [2.24, 2.45) is 0 Å². The first-order valence-electron chi connectivity index (χ1n) is 10.9. The fraction of sp³-hybridized carbons (Fsp3) is 0.522. The third-order valence-electron chi connectivity index (χ3n) is 6.31. The normalized spacial score (nSPS) is 22.4. The van der Waals surface area contributed by atoms with Crippen LogP contribution in [0.5, 0.6) is 5.75 Å². The maximum atomic E-state index is 13.1. The number of carbonyl (C=O) groups is 3. The number of nitrogens with zero attached hydrogens (tertiary/aromatic N) is 2. The molecule has 30 heavy (non-hydrogen) atoms.